The minimum atomic E-state index is -0.545. The molecule has 0 unspecified atom stereocenters. The minimum absolute atomic E-state index is 0.107. The van der Waals surface area contributed by atoms with Gasteiger partial charge in [0.1, 0.15) is 18.0 Å². The number of amides is 2. The minimum Gasteiger partial charge on any atom is -0.492 e. The van der Waals surface area contributed by atoms with E-state index in [2.05, 4.69) is 35.6 Å². The Morgan fingerprint density at radius 1 is 1.03 bits per heavy atom. The SMILES string of the molecule is Cc1ccc(OCCN(C)C(=O)OC(C)(C)C)cc1C(=O)NC1(c2cccc3ccccc23)CC1. The molecule has 0 bridgehead atoms. The van der Waals surface area contributed by atoms with Crippen LogP contribution in [0.3, 0.4) is 0 Å². The lowest BCUT2D eigenvalue weighted by molar-refractivity contribution is 0.0278. The van der Waals surface area contributed by atoms with Crippen molar-refractivity contribution in [1.82, 2.24) is 10.2 Å². The van der Waals surface area contributed by atoms with Gasteiger partial charge in [-0.25, -0.2) is 4.79 Å². The second-order valence-corrected chi connectivity index (χ2v) is 10.3. The molecule has 3 aromatic rings. The second kappa shape index (κ2) is 9.61. The van der Waals surface area contributed by atoms with Crippen LogP contribution >= 0.6 is 0 Å². The van der Waals surface area contributed by atoms with Gasteiger partial charge in [0.25, 0.3) is 5.91 Å². The van der Waals surface area contributed by atoms with Crippen LogP contribution in [0.5, 0.6) is 5.75 Å². The van der Waals surface area contributed by atoms with Crippen LogP contribution in [0, 0.1) is 6.92 Å². The van der Waals surface area contributed by atoms with Crippen molar-refractivity contribution in [2.75, 3.05) is 20.2 Å². The van der Waals surface area contributed by atoms with Crippen molar-refractivity contribution in [2.45, 2.75) is 51.7 Å². The topological polar surface area (TPSA) is 67.9 Å². The Kier molecular flexibility index (Phi) is 6.75. The number of benzene rings is 3. The molecule has 0 spiro atoms. The van der Waals surface area contributed by atoms with Crippen LogP contribution in [0.2, 0.25) is 0 Å². The highest BCUT2D eigenvalue weighted by molar-refractivity contribution is 5.97. The molecule has 0 aliphatic heterocycles. The Morgan fingerprint density at radius 3 is 2.46 bits per heavy atom. The molecule has 35 heavy (non-hydrogen) atoms. The Bertz CT molecular complexity index is 1240. The average molecular weight is 475 g/mol. The van der Waals surface area contributed by atoms with E-state index in [0.717, 1.165) is 18.4 Å². The standard InChI is InChI=1S/C29H34N2O4/c1-20-13-14-22(34-18-17-31(5)27(33)35-28(2,3)4)19-24(20)26(32)30-29(15-16-29)25-12-8-10-21-9-6-7-11-23(21)25/h6-14,19H,15-18H2,1-5H3,(H,30,32). The summed E-state index contributed by atoms with van der Waals surface area (Å²) in [5.41, 5.74) is 1.76. The van der Waals surface area contributed by atoms with E-state index in [4.69, 9.17) is 9.47 Å². The summed E-state index contributed by atoms with van der Waals surface area (Å²) < 4.78 is 11.2. The molecule has 0 radical (unpaired) electrons. The van der Waals surface area contributed by atoms with Gasteiger partial charge in [0.15, 0.2) is 0 Å². The van der Waals surface area contributed by atoms with Crippen LogP contribution in [-0.4, -0.2) is 42.7 Å². The number of aryl methyl sites for hydroxylation is 1. The van der Waals surface area contributed by atoms with Crippen LogP contribution in [0.1, 0.15) is 55.1 Å². The Morgan fingerprint density at radius 2 is 1.74 bits per heavy atom. The molecule has 2 amide bonds. The summed E-state index contributed by atoms with van der Waals surface area (Å²) in [7, 11) is 1.67. The molecule has 6 heteroatoms. The van der Waals surface area contributed by atoms with Gasteiger partial charge < -0.3 is 19.7 Å². The van der Waals surface area contributed by atoms with Crippen molar-refractivity contribution in [2.24, 2.45) is 0 Å². The number of hydrogen-bond donors (Lipinski definition) is 1. The third kappa shape index (κ3) is 5.76. The average Bonchev–Trinajstić information content (AvgIpc) is 3.58. The first-order chi connectivity index (χ1) is 16.6. The lowest BCUT2D eigenvalue weighted by Crippen LogP contribution is -2.36. The van der Waals surface area contributed by atoms with Gasteiger partial charge in [-0.05, 0) is 74.6 Å². The molecule has 1 aliphatic rings. The smallest absolute Gasteiger partial charge is 0.410 e. The monoisotopic (exact) mass is 474 g/mol. The normalized spacial score (nSPS) is 14.3. The zero-order valence-corrected chi connectivity index (χ0v) is 21.2. The van der Waals surface area contributed by atoms with Crippen molar-refractivity contribution >= 4 is 22.8 Å². The highest BCUT2D eigenvalue weighted by atomic mass is 16.6. The molecule has 0 heterocycles. The quantitative estimate of drug-likeness (QED) is 0.469. The first-order valence-electron chi connectivity index (χ1n) is 12.1. The fraction of sp³-hybridized carbons (Fsp3) is 0.379. The Balaban J connectivity index is 1.42. The lowest BCUT2D eigenvalue weighted by Gasteiger charge is -2.24. The molecule has 1 aliphatic carbocycles. The number of carbonyl (C=O) groups excluding carboxylic acids is 2. The number of nitrogens with one attached hydrogen (secondary N) is 1. The first kappa shape index (κ1) is 24.6. The summed E-state index contributed by atoms with van der Waals surface area (Å²) in [6.07, 6.45) is 1.44. The predicted octanol–water partition coefficient (Wildman–Crippen LogP) is 5.81. The highest BCUT2D eigenvalue weighted by Crippen LogP contribution is 2.48. The van der Waals surface area contributed by atoms with Crippen LogP contribution in [0.25, 0.3) is 10.8 Å². The molecule has 4 rings (SSSR count). The number of ether oxygens (including phenoxy) is 2. The van der Waals surface area contributed by atoms with Crippen molar-refractivity contribution in [3.05, 3.63) is 77.4 Å². The first-order valence-corrected chi connectivity index (χ1v) is 12.1. The molecule has 1 N–H and O–H groups in total. The van der Waals surface area contributed by atoms with E-state index in [0.29, 0.717) is 24.5 Å². The van der Waals surface area contributed by atoms with Crippen LogP contribution < -0.4 is 10.1 Å². The summed E-state index contributed by atoms with van der Waals surface area (Å²) in [6.45, 7) is 8.08. The number of likely N-dealkylation sites (N-methyl/N-ethyl adjacent to an activating group) is 1. The molecule has 1 saturated carbocycles. The molecule has 0 aromatic heterocycles. The van der Waals surface area contributed by atoms with Gasteiger partial charge in [-0.2, -0.15) is 0 Å². The maximum absolute atomic E-state index is 13.4. The predicted molar refractivity (Wildman–Crippen MR) is 138 cm³/mol. The third-order valence-electron chi connectivity index (χ3n) is 6.26. The molecule has 3 aromatic carbocycles. The summed E-state index contributed by atoms with van der Waals surface area (Å²) in [6, 6.07) is 20.1. The van der Waals surface area contributed by atoms with Crippen molar-refractivity contribution in [3.63, 3.8) is 0 Å². The lowest BCUT2D eigenvalue weighted by atomic mass is 9.96. The Labute approximate surface area is 207 Å². The van der Waals surface area contributed by atoms with Crippen LogP contribution in [0.4, 0.5) is 4.79 Å². The fourth-order valence-electron chi connectivity index (χ4n) is 4.18. The van der Waals surface area contributed by atoms with Gasteiger partial charge in [-0.1, -0.05) is 48.5 Å². The van der Waals surface area contributed by atoms with Crippen LogP contribution in [0.15, 0.2) is 60.7 Å². The van der Waals surface area contributed by atoms with E-state index in [1.165, 1.54) is 21.2 Å². The summed E-state index contributed by atoms with van der Waals surface area (Å²) >= 11 is 0. The van der Waals surface area contributed by atoms with Crippen LogP contribution in [-0.2, 0) is 10.3 Å². The number of hydrogen-bond acceptors (Lipinski definition) is 4. The maximum atomic E-state index is 13.4. The zero-order chi connectivity index (χ0) is 25.2. The van der Waals surface area contributed by atoms with Gasteiger partial charge in [0.2, 0.25) is 0 Å². The number of rotatable bonds is 7. The summed E-state index contributed by atoms with van der Waals surface area (Å²) in [4.78, 5) is 27.0. The van der Waals surface area contributed by atoms with Gasteiger partial charge in [-0.15, -0.1) is 0 Å². The van der Waals surface area contributed by atoms with Gasteiger partial charge in [-0.3, -0.25) is 4.79 Å². The number of fused-ring (bicyclic) bond motifs is 1. The third-order valence-corrected chi connectivity index (χ3v) is 6.26. The summed E-state index contributed by atoms with van der Waals surface area (Å²) in [5, 5.41) is 5.66. The van der Waals surface area contributed by atoms with E-state index in [-0.39, 0.29) is 11.4 Å². The summed E-state index contributed by atoms with van der Waals surface area (Å²) in [5.74, 6) is 0.484. The number of carbonyl (C=O) groups is 2. The molecule has 6 nitrogen and oxygen atoms in total. The number of nitrogens with zero attached hydrogens (tertiary/aromatic N) is 1. The van der Waals surface area contributed by atoms with Crippen molar-refractivity contribution < 1.29 is 19.1 Å². The van der Waals surface area contributed by atoms with E-state index in [1.54, 1.807) is 13.1 Å². The van der Waals surface area contributed by atoms with E-state index in [1.807, 2.05) is 52.0 Å². The van der Waals surface area contributed by atoms with E-state index < -0.39 is 11.7 Å². The molecular formula is C29H34N2O4. The molecule has 0 saturated heterocycles. The van der Waals surface area contributed by atoms with E-state index >= 15 is 0 Å². The largest absolute Gasteiger partial charge is 0.492 e. The van der Waals surface area contributed by atoms with Crippen molar-refractivity contribution in [1.29, 1.82) is 0 Å². The van der Waals surface area contributed by atoms with Gasteiger partial charge in [0, 0.05) is 12.6 Å². The molecule has 0 atom stereocenters. The highest BCUT2D eigenvalue weighted by Gasteiger charge is 2.46. The molecule has 1 fully saturated rings. The maximum Gasteiger partial charge on any atom is 0.410 e. The molecule has 184 valence electrons. The van der Waals surface area contributed by atoms with Crippen molar-refractivity contribution in [3.8, 4) is 5.75 Å². The zero-order valence-electron chi connectivity index (χ0n) is 21.2. The fourth-order valence-corrected chi connectivity index (χ4v) is 4.18. The molecular weight excluding hydrogens is 440 g/mol. The van der Waals surface area contributed by atoms with E-state index in [9.17, 15) is 9.59 Å². The van der Waals surface area contributed by atoms with Gasteiger partial charge >= 0.3 is 6.09 Å². The second-order valence-electron chi connectivity index (χ2n) is 10.3. The Hall–Kier alpha value is -3.54. The van der Waals surface area contributed by atoms with Gasteiger partial charge in [0.05, 0.1) is 12.1 Å².